The van der Waals surface area contributed by atoms with Crippen LogP contribution in [-0.4, -0.2) is 27.0 Å². The van der Waals surface area contributed by atoms with Crippen LogP contribution in [0.5, 0.6) is 5.75 Å². The molecule has 188 valence electrons. The van der Waals surface area contributed by atoms with Crippen LogP contribution in [0.2, 0.25) is 0 Å². The second-order valence-electron chi connectivity index (χ2n) is 8.68. The molecule has 4 aromatic rings. The lowest BCUT2D eigenvalue weighted by Crippen LogP contribution is -2.46. The van der Waals surface area contributed by atoms with Crippen molar-refractivity contribution in [2.24, 2.45) is 7.05 Å². The van der Waals surface area contributed by atoms with Gasteiger partial charge >= 0.3 is 0 Å². The zero-order valence-corrected chi connectivity index (χ0v) is 21.4. The van der Waals surface area contributed by atoms with Gasteiger partial charge in [0.2, 0.25) is 5.96 Å². The Kier molecular flexibility index (Phi) is 7.54. The van der Waals surface area contributed by atoms with Crippen LogP contribution in [0.4, 0.5) is 5.69 Å². The molecule has 8 heteroatoms. The molecule has 0 fully saturated rings. The molecule has 2 unspecified atom stereocenters. The molecular formula is C29H30N6O2. The standard InChI is InChI=1S/C29H30N6O2/c1-5-37-26-18-12-11-17-25(26)34(19-30)29(31)35(20(2)22-13-7-6-8-14-22)21(3)27-28(36)33(4)24-16-10-9-15-23(24)32-27/h6-18,20-21,31H,5H2,1-4H3. The van der Waals surface area contributed by atoms with Gasteiger partial charge in [0.25, 0.3) is 5.56 Å². The van der Waals surface area contributed by atoms with Crippen LogP contribution in [-0.2, 0) is 7.05 Å². The predicted molar refractivity (Wildman–Crippen MR) is 146 cm³/mol. The summed E-state index contributed by atoms with van der Waals surface area (Å²) in [4.78, 5) is 21.2. The van der Waals surface area contributed by atoms with Crippen molar-refractivity contribution in [3.8, 4) is 11.9 Å². The highest BCUT2D eigenvalue weighted by atomic mass is 16.5. The van der Waals surface area contributed by atoms with E-state index in [1.807, 2.05) is 81.4 Å². The second kappa shape index (κ2) is 11.0. The Morgan fingerprint density at radius 3 is 2.38 bits per heavy atom. The van der Waals surface area contributed by atoms with Crippen LogP contribution in [0, 0.1) is 16.9 Å². The van der Waals surface area contributed by atoms with E-state index in [4.69, 9.17) is 9.72 Å². The van der Waals surface area contributed by atoms with Crippen LogP contribution in [0.1, 0.15) is 44.1 Å². The number of anilines is 1. The number of rotatable bonds is 7. The molecule has 3 aromatic carbocycles. The summed E-state index contributed by atoms with van der Waals surface area (Å²) in [5.41, 5.74) is 2.85. The molecule has 0 aliphatic carbocycles. The maximum Gasteiger partial charge on any atom is 0.274 e. The molecule has 0 radical (unpaired) electrons. The smallest absolute Gasteiger partial charge is 0.274 e. The van der Waals surface area contributed by atoms with Crippen molar-refractivity contribution >= 4 is 22.7 Å². The molecule has 0 aliphatic heterocycles. The van der Waals surface area contributed by atoms with Crippen LogP contribution in [0.25, 0.3) is 11.0 Å². The van der Waals surface area contributed by atoms with Gasteiger partial charge in [-0.25, -0.2) is 9.88 Å². The van der Waals surface area contributed by atoms with Gasteiger partial charge in [-0.15, -0.1) is 0 Å². The lowest BCUT2D eigenvalue weighted by Gasteiger charge is -2.38. The molecule has 1 aromatic heterocycles. The molecule has 0 bridgehead atoms. The molecule has 0 saturated carbocycles. The van der Waals surface area contributed by atoms with Crippen molar-refractivity contribution < 1.29 is 4.74 Å². The van der Waals surface area contributed by atoms with Crippen molar-refractivity contribution in [1.82, 2.24) is 14.5 Å². The van der Waals surface area contributed by atoms with Gasteiger partial charge in [-0.3, -0.25) is 10.2 Å². The van der Waals surface area contributed by atoms with Crippen LogP contribution in [0.3, 0.4) is 0 Å². The summed E-state index contributed by atoms with van der Waals surface area (Å²) in [5.74, 6) is 0.409. The number of nitriles is 1. The van der Waals surface area contributed by atoms with Crippen LogP contribution < -0.4 is 15.2 Å². The van der Waals surface area contributed by atoms with Crippen molar-refractivity contribution in [3.63, 3.8) is 0 Å². The van der Waals surface area contributed by atoms with Gasteiger partial charge in [-0.1, -0.05) is 54.6 Å². The van der Waals surface area contributed by atoms with Crippen molar-refractivity contribution in [1.29, 1.82) is 10.7 Å². The number of nitrogens with zero attached hydrogens (tertiary/aromatic N) is 5. The number of hydrogen-bond acceptors (Lipinski definition) is 5. The number of hydrogen-bond donors (Lipinski definition) is 1. The third kappa shape index (κ3) is 4.89. The normalized spacial score (nSPS) is 12.4. The zero-order valence-electron chi connectivity index (χ0n) is 21.4. The monoisotopic (exact) mass is 494 g/mol. The molecule has 2 atom stereocenters. The first kappa shape index (κ1) is 25.5. The Morgan fingerprint density at radius 1 is 1.03 bits per heavy atom. The molecule has 0 aliphatic rings. The highest BCUT2D eigenvalue weighted by Crippen LogP contribution is 2.34. The van der Waals surface area contributed by atoms with E-state index in [1.54, 1.807) is 34.7 Å². The van der Waals surface area contributed by atoms with Gasteiger partial charge in [0.15, 0.2) is 6.19 Å². The van der Waals surface area contributed by atoms with E-state index in [2.05, 4.69) is 6.19 Å². The van der Waals surface area contributed by atoms with Gasteiger partial charge < -0.3 is 14.2 Å². The number of nitrogens with one attached hydrogen (secondary N) is 1. The van der Waals surface area contributed by atoms with Gasteiger partial charge in [-0.05, 0) is 50.6 Å². The molecule has 1 N–H and O–H groups in total. The average Bonchev–Trinajstić information content (AvgIpc) is 2.92. The number of aryl methyl sites for hydroxylation is 1. The first-order chi connectivity index (χ1) is 17.9. The second-order valence-corrected chi connectivity index (χ2v) is 8.68. The van der Waals surface area contributed by atoms with Crippen LogP contribution in [0.15, 0.2) is 83.7 Å². The Labute approximate surface area is 216 Å². The Morgan fingerprint density at radius 2 is 1.68 bits per heavy atom. The molecule has 1 heterocycles. The highest BCUT2D eigenvalue weighted by Gasteiger charge is 2.33. The lowest BCUT2D eigenvalue weighted by molar-refractivity contribution is 0.257. The maximum atomic E-state index is 13.5. The number of para-hydroxylation sites is 4. The Balaban J connectivity index is 1.86. The number of benzene rings is 3. The first-order valence-electron chi connectivity index (χ1n) is 12.2. The van der Waals surface area contributed by atoms with Crippen molar-refractivity contribution in [2.45, 2.75) is 32.9 Å². The van der Waals surface area contributed by atoms with E-state index in [9.17, 15) is 15.5 Å². The van der Waals surface area contributed by atoms with E-state index >= 15 is 0 Å². The number of guanidine groups is 1. The molecule has 8 nitrogen and oxygen atoms in total. The first-order valence-corrected chi connectivity index (χ1v) is 12.2. The fourth-order valence-electron chi connectivity index (χ4n) is 4.55. The fraction of sp³-hybridized carbons (Fsp3) is 0.241. The largest absolute Gasteiger partial charge is 0.492 e. The van der Waals surface area contributed by atoms with Gasteiger partial charge in [0.05, 0.1) is 29.7 Å². The minimum absolute atomic E-state index is 0.0875. The highest BCUT2D eigenvalue weighted by molar-refractivity contribution is 5.98. The SMILES string of the molecule is CCOc1ccccc1N(C#N)C(=N)N(C(C)c1ccccc1)C(C)c1nc2ccccc2n(C)c1=O. The van der Waals surface area contributed by atoms with E-state index in [-0.39, 0.29) is 17.6 Å². The molecular weight excluding hydrogens is 464 g/mol. The summed E-state index contributed by atoms with van der Waals surface area (Å²) in [5, 5.41) is 19.5. The van der Waals surface area contributed by atoms with Gasteiger partial charge in [-0.2, -0.15) is 5.26 Å². The minimum atomic E-state index is -0.624. The summed E-state index contributed by atoms with van der Waals surface area (Å²) in [6, 6.07) is 23.3. The number of fused-ring (bicyclic) bond motifs is 1. The van der Waals surface area contributed by atoms with E-state index in [0.717, 1.165) is 11.1 Å². The molecule has 0 saturated heterocycles. The van der Waals surface area contributed by atoms with E-state index in [0.29, 0.717) is 29.3 Å². The summed E-state index contributed by atoms with van der Waals surface area (Å²) in [6.07, 6.45) is 2.15. The quantitative estimate of drug-likeness (QED) is 0.160. The Hall–Kier alpha value is -4.64. The molecule has 0 spiro atoms. The average molecular weight is 495 g/mol. The van der Waals surface area contributed by atoms with E-state index in [1.165, 1.54) is 4.90 Å². The minimum Gasteiger partial charge on any atom is -0.492 e. The number of ether oxygens (including phenoxy) is 1. The van der Waals surface area contributed by atoms with Crippen LogP contribution >= 0.6 is 0 Å². The summed E-state index contributed by atoms with van der Waals surface area (Å²) >= 11 is 0. The van der Waals surface area contributed by atoms with Gasteiger partial charge in [0, 0.05) is 7.05 Å². The van der Waals surface area contributed by atoms with E-state index < -0.39 is 6.04 Å². The van der Waals surface area contributed by atoms with Crippen molar-refractivity contribution in [2.75, 3.05) is 11.5 Å². The zero-order chi connectivity index (χ0) is 26.5. The summed E-state index contributed by atoms with van der Waals surface area (Å²) < 4.78 is 7.33. The maximum absolute atomic E-state index is 13.5. The summed E-state index contributed by atoms with van der Waals surface area (Å²) in [7, 11) is 1.72. The van der Waals surface area contributed by atoms with Gasteiger partial charge in [0.1, 0.15) is 17.1 Å². The lowest BCUT2D eigenvalue weighted by atomic mass is 10.0. The Bertz CT molecular complexity index is 1510. The molecule has 37 heavy (non-hydrogen) atoms. The summed E-state index contributed by atoms with van der Waals surface area (Å²) in [6.45, 7) is 6.08. The molecule has 4 rings (SSSR count). The van der Waals surface area contributed by atoms with Crippen molar-refractivity contribution in [3.05, 3.63) is 100 Å². The third-order valence-electron chi connectivity index (χ3n) is 6.48. The topological polar surface area (TPSA) is 98.2 Å². The number of aromatic nitrogens is 2. The fourth-order valence-corrected chi connectivity index (χ4v) is 4.55. The third-order valence-corrected chi connectivity index (χ3v) is 6.48. The predicted octanol–water partition coefficient (Wildman–Crippen LogP) is 5.38. The molecule has 0 amide bonds.